The summed E-state index contributed by atoms with van der Waals surface area (Å²) in [5, 5.41) is 10.7. The Bertz CT molecular complexity index is 721. The molecule has 0 saturated carbocycles. The van der Waals surface area contributed by atoms with Gasteiger partial charge in [-0.15, -0.1) is 0 Å². The van der Waals surface area contributed by atoms with Gasteiger partial charge < -0.3 is 4.74 Å². The van der Waals surface area contributed by atoms with Crippen LogP contribution in [0.3, 0.4) is 0 Å². The smallest absolute Gasteiger partial charge is 0.264 e. The van der Waals surface area contributed by atoms with E-state index in [1.807, 2.05) is 6.92 Å². The third-order valence-corrected chi connectivity index (χ3v) is 6.84. The number of benzene rings is 1. The molecule has 28 heavy (non-hydrogen) atoms. The Kier molecular flexibility index (Phi) is 8.72. The van der Waals surface area contributed by atoms with E-state index in [2.05, 4.69) is 6.92 Å². The number of unbranched alkanes of at least 4 members (excludes halogenated alkanes) is 2. The predicted octanol–water partition coefficient (Wildman–Crippen LogP) is 3.43. The molecule has 1 N–H and O–H groups in total. The van der Waals surface area contributed by atoms with Gasteiger partial charge in [0.15, 0.2) is 0 Å². The summed E-state index contributed by atoms with van der Waals surface area (Å²) in [4.78, 5) is 12.8. The standard InChI is InChI=1S/C20H32N2O5S/c1-3-5-14-21(24)20(23)19-9-7-8-15-22(19)28(25,26)18-12-10-17(11-13-18)27-16-6-4-2/h10-13,19,24H,3-9,14-16H2,1-2H3. The molecule has 1 aromatic carbocycles. The van der Waals surface area contributed by atoms with Gasteiger partial charge in [0, 0.05) is 13.1 Å². The minimum atomic E-state index is -3.83. The molecule has 0 aromatic heterocycles. The highest BCUT2D eigenvalue weighted by Crippen LogP contribution is 2.27. The maximum absolute atomic E-state index is 13.1. The summed E-state index contributed by atoms with van der Waals surface area (Å²) in [6, 6.07) is 5.45. The summed E-state index contributed by atoms with van der Waals surface area (Å²) >= 11 is 0. The molecule has 8 heteroatoms. The minimum Gasteiger partial charge on any atom is -0.494 e. The van der Waals surface area contributed by atoms with Gasteiger partial charge in [-0.3, -0.25) is 10.0 Å². The molecule has 1 atom stereocenters. The van der Waals surface area contributed by atoms with E-state index in [-0.39, 0.29) is 18.0 Å². The molecule has 0 bridgehead atoms. The van der Waals surface area contributed by atoms with Crippen molar-refractivity contribution in [1.82, 2.24) is 9.37 Å². The van der Waals surface area contributed by atoms with Gasteiger partial charge in [-0.05, 0) is 49.9 Å². The lowest BCUT2D eigenvalue weighted by Crippen LogP contribution is -2.52. The van der Waals surface area contributed by atoms with Gasteiger partial charge in [-0.2, -0.15) is 4.31 Å². The van der Waals surface area contributed by atoms with Gasteiger partial charge >= 0.3 is 0 Å². The molecule has 0 radical (unpaired) electrons. The van der Waals surface area contributed by atoms with Crippen molar-refractivity contribution in [3.8, 4) is 5.75 Å². The number of sulfonamides is 1. The van der Waals surface area contributed by atoms with Gasteiger partial charge in [-0.25, -0.2) is 13.5 Å². The van der Waals surface area contributed by atoms with Crippen LogP contribution in [0.2, 0.25) is 0 Å². The molecule has 1 aliphatic rings. The van der Waals surface area contributed by atoms with E-state index in [9.17, 15) is 18.4 Å². The van der Waals surface area contributed by atoms with Gasteiger partial charge in [0.2, 0.25) is 10.0 Å². The number of piperidine rings is 1. The van der Waals surface area contributed by atoms with Crippen LogP contribution < -0.4 is 4.74 Å². The van der Waals surface area contributed by atoms with Crippen LogP contribution in [-0.4, -0.2) is 54.6 Å². The summed E-state index contributed by atoms with van der Waals surface area (Å²) in [6.07, 6.45) is 5.34. The quantitative estimate of drug-likeness (QED) is 0.361. The highest BCUT2D eigenvalue weighted by molar-refractivity contribution is 7.89. The molecule has 1 aliphatic heterocycles. The Morgan fingerprint density at radius 2 is 1.86 bits per heavy atom. The minimum absolute atomic E-state index is 0.132. The van der Waals surface area contributed by atoms with E-state index in [0.29, 0.717) is 36.7 Å². The number of hydroxylamine groups is 2. The molecule has 2 rings (SSSR count). The second-order valence-electron chi connectivity index (χ2n) is 7.12. The molecule has 0 aliphatic carbocycles. The van der Waals surface area contributed by atoms with Crippen LogP contribution >= 0.6 is 0 Å². The number of hydrogen-bond acceptors (Lipinski definition) is 5. The lowest BCUT2D eigenvalue weighted by Gasteiger charge is -2.35. The maximum atomic E-state index is 13.1. The van der Waals surface area contributed by atoms with Crippen LogP contribution in [-0.2, 0) is 14.8 Å². The van der Waals surface area contributed by atoms with Gasteiger partial charge in [-0.1, -0.05) is 33.1 Å². The number of nitrogens with zero attached hydrogens (tertiary/aromatic N) is 2. The summed E-state index contributed by atoms with van der Waals surface area (Å²) in [5.74, 6) is 0.0796. The summed E-state index contributed by atoms with van der Waals surface area (Å²) < 4.78 is 33.1. The number of carbonyl (C=O) groups excluding carboxylic acids is 1. The van der Waals surface area contributed by atoms with Crippen molar-refractivity contribution in [3.63, 3.8) is 0 Å². The molecular formula is C20H32N2O5S. The molecule has 1 amide bonds. The molecule has 1 heterocycles. The number of carbonyl (C=O) groups is 1. The Morgan fingerprint density at radius 1 is 1.18 bits per heavy atom. The third-order valence-electron chi connectivity index (χ3n) is 4.91. The Labute approximate surface area is 168 Å². The van der Waals surface area contributed by atoms with Crippen LogP contribution in [0.15, 0.2) is 29.2 Å². The van der Waals surface area contributed by atoms with Crippen molar-refractivity contribution in [2.75, 3.05) is 19.7 Å². The lowest BCUT2D eigenvalue weighted by molar-refractivity contribution is -0.170. The summed E-state index contributed by atoms with van der Waals surface area (Å²) in [5.41, 5.74) is 0. The average molecular weight is 413 g/mol. The Balaban J connectivity index is 2.15. The van der Waals surface area contributed by atoms with E-state index in [1.165, 1.54) is 16.4 Å². The van der Waals surface area contributed by atoms with Crippen LogP contribution in [0.5, 0.6) is 5.75 Å². The van der Waals surface area contributed by atoms with E-state index in [4.69, 9.17) is 4.74 Å². The summed E-state index contributed by atoms with van der Waals surface area (Å²) in [6.45, 7) is 5.12. The Hall–Kier alpha value is -1.64. The van der Waals surface area contributed by atoms with Gasteiger partial charge in [0.05, 0.1) is 11.5 Å². The zero-order chi connectivity index (χ0) is 20.6. The molecular weight excluding hydrogens is 380 g/mol. The monoisotopic (exact) mass is 412 g/mol. The number of hydrogen-bond donors (Lipinski definition) is 1. The highest BCUT2D eigenvalue weighted by Gasteiger charge is 2.39. The van der Waals surface area contributed by atoms with E-state index >= 15 is 0 Å². The van der Waals surface area contributed by atoms with Crippen molar-refractivity contribution in [1.29, 1.82) is 0 Å². The average Bonchev–Trinajstić information content (AvgIpc) is 2.72. The van der Waals surface area contributed by atoms with Crippen LogP contribution in [0.4, 0.5) is 0 Å². The molecule has 0 spiro atoms. The molecule has 1 saturated heterocycles. The summed E-state index contributed by atoms with van der Waals surface area (Å²) in [7, 11) is -3.83. The van der Waals surface area contributed by atoms with Crippen molar-refractivity contribution < 1.29 is 23.2 Å². The largest absolute Gasteiger partial charge is 0.494 e. The number of amides is 1. The fourth-order valence-corrected chi connectivity index (χ4v) is 4.86. The zero-order valence-corrected chi connectivity index (χ0v) is 17.7. The molecule has 1 aromatic rings. The van der Waals surface area contributed by atoms with Gasteiger partial charge in [0.25, 0.3) is 5.91 Å². The second kappa shape index (κ2) is 10.8. The van der Waals surface area contributed by atoms with E-state index < -0.39 is 22.0 Å². The number of rotatable bonds is 10. The van der Waals surface area contributed by atoms with Crippen LogP contribution in [0, 0.1) is 0 Å². The Morgan fingerprint density at radius 3 is 2.50 bits per heavy atom. The lowest BCUT2D eigenvalue weighted by atomic mass is 10.0. The molecule has 1 fully saturated rings. The van der Waals surface area contributed by atoms with Crippen molar-refractivity contribution in [2.24, 2.45) is 0 Å². The normalized spacial score (nSPS) is 18.0. The van der Waals surface area contributed by atoms with Crippen molar-refractivity contribution >= 4 is 15.9 Å². The first-order chi connectivity index (χ1) is 13.4. The van der Waals surface area contributed by atoms with Crippen LogP contribution in [0.1, 0.15) is 58.8 Å². The second-order valence-corrected chi connectivity index (χ2v) is 9.01. The van der Waals surface area contributed by atoms with E-state index in [1.54, 1.807) is 12.1 Å². The molecule has 158 valence electrons. The van der Waals surface area contributed by atoms with Crippen LogP contribution in [0.25, 0.3) is 0 Å². The van der Waals surface area contributed by atoms with E-state index in [0.717, 1.165) is 25.7 Å². The van der Waals surface area contributed by atoms with Crippen molar-refractivity contribution in [2.45, 2.75) is 69.7 Å². The van der Waals surface area contributed by atoms with Gasteiger partial charge in [0.1, 0.15) is 11.8 Å². The number of ether oxygens (including phenoxy) is 1. The fourth-order valence-electron chi connectivity index (χ4n) is 3.21. The zero-order valence-electron chi connectivity index (χ0n) is 16.8. The SMILES string of the molecule is CCCCOc1ccc(S(=O)(=O)N2CCCCC2C(=O)N(O)CCCC)cc1. The first-order valence-corrected chi connectivity index (χ1v) is 11.6. The highest BCUT2D eigenvalue weighted by atomic mass is 32.2. The predicted molar refractivity (Wildman–Crippen MR) is 107 cm³/mol. The van der Waals surface area contributed by atoms with Crippen molar-refractivity contribution in [3.05, 3.63) is 24.3 Å². The first kappa shape index (κ1) is 22.6. The third kappa shape index (κ3) is 5.68. The first-order valence-electron chi connectivity index (χ1n) is 10.2. The molecule has 1 unspecified atom stereocenters. The topological polar surface area (TPSA) is 87.2 Å². The molecule has 7 nitrogen and oxygen atoms in total. The fraction of sp³-hybridized carbons (Fsp3) is 0.650. The maximum Gasteiger partial charge on any atom is 0.264 e.